The van der Waals surface area contributed by atoms with Crippen molar-refractivity contribution in [2.75, 3.05) is 13.7 Å². The van der Waals surface area contributed by atoms with E-state index in [1.54, 1.807) is 4.90 Å². The minimum atomic E-state index is -1.18. The van der Waals surface area contributed by atoms with Gasteiger partial charge >= 0.3 is 5.97 Å². The Balaban J connectivity index is 1.65. The number of benzene rings is 2. The summed E-state index contributed by atoms with van der Waals surface area (Å²) >= 11 is 0. The van der Waals surface area contributed by atoms with E-state index < -0.39 is 23.4 Å². The van der Waals surface area contributed by atoms with Crippen LogP contribution in [0.4, 0.5) is 0 Å². The summed E-state index contributed by atoms with van der Waals surface area (Å²) in [5, 5.41) is 4.79. The molecule has 5 rings (SSSR count). The van der Waals surface area contributed by atoms with Crippen molar-refractivity contribution >= 4 is 28.6 Å². The number of nitrogens with zero attached hydrogens (tertiary/aromatic N) is 1. The summed E-state index contributed by atoms with van der Waals surface area (Å²) in [6.45, 7) is 4.51. The number of ether oxygens (including phenoxy) is 2. The average molecular weight is 529 g/mol. The number of amides is 2. The average Bonchev–Trinajstić information content (AvgIpc) is 3.78. The first-order valence-electron chi connectivity index (χ1n) is 13.7. The van der Waals surface area contributed by atoms with Crippen molar-refractivity contribution in [1.29, 1.82) is 0 Å². The van der Waals surface area contributed by atoms with E-state index in [4.69, 9.17) is 15.9 Å². The number of methoxy groups -OCH3 is 1. The van der Waals surface area contributed by atoms with Crippen LogP contribution in [0.5, 0.6) is 0 Å². The Bertz CT molecular complexity index is 1350. The lowest BCUT2D eigenvalue weighted by molar-refractivity contribution is -0.182. The Labute approximate surface area is 229 Å². The standard InChI is InChI=1S/C32H36N2O5/c1-5-15-33-28(35)16-24-18-32(31(37)38-4)27(17-26(20(2)3)39-29(32)22-13-14-22)34(30(24)36)19-23-11-8-10-21-9-6-7-12-25(21)23/h1,6-12,17,20,22,24,26,29H,13-16,18-19H2,2-4H3,(H,33,35)/t24-,26+,29+,32+/m0/s1. The zero-order valence-electron chi connectivity index (χ0n) is 22.8. The van der Waals surface area contributed by atoms with Crippen molar-refractivity contribution in [2.24, 2.45) is 23.2 Å². The molecule has 0 aromatic heterocycles. The molecule has 1 aliphatic carbocycles. The summed E-state index contributed by atoms with van der Waals surface area (Å²) in [4.78, 5) is 42.6. The fourth-order valence-corrected chi connectivity index (χ4v) is 6.26. The zero-order chi connectivity index (χ0) is 27.7. The van der Waals surface area contributed by atoms with Crippen LogP contribution in [0.15, 0.2) is 54.2 Å². The number of fused-ring (bicyclic) bond motifs is 2. The Morgan fingerprint density at radius 3 is 2.64 bits per heavy atom. The van der Waals surface area contributed by atoms with Crippen molar-refractivity contribution in [3.8, 4) is 12.3 Å². The Morgan fingerprint density at radius 1 is 1.21 bits per heavy atom. The molecule has 204 valence electrons. The number of rotatable bonds is 8. The molecule has 1 N–H and O–H groups in total. The minimum absolute atomic E-state index is 0.0659. The van der Waals surface area contributed by atoms with Crippen LogP contribution in [-0.4, -0.2) is 48.5 Å². The minimum Gasteiger partial charge on any atom is -0.468 e. The van der Waals surface area contributed by atoms with Gasteiger partial charge in [0.2, 0.25) is 11.8 Å². The zero-order valence-corrected chi connectivity index (χ0v) is 22.8. The lowest BCUT2D eigenvalue weighted by Crippen LogP contribution is -2.61. The first-order valence-corrected chi connectivity index (χ1v) is 13.7. The largest absolute Gasteiger partial charge is 0.468 e. The second kappa shape index (κ2) is 10.9. The van der Waals surface area contributed by atoms with Gasteiger partial charge in [-0.25, -0.2) is 0 Å². The maximum atomic E-state index is 14.2. The van der Waals surface area contributed by atoms with Crippen LogP contribution in [0.1, 0.15) is 45.1 Å². The molecule has 0 spiro atoms. The van der Waals surface area contributed by atoms with Crippen LogP contribution < -0.4 is 5.32 Å². The predicted octanol–water partition coefficient (Wildman–Crippen LogP) is 4.20. The number of likely N-dealkylation sites (tertiary alicyclic amines) is 1. The van der Waals surface area contributed by atoms with Gasteiger partial charge < -0.3 is 19.7 Å². The molecular weight excluding hydrogens is 492 g/mol. The fourth-order valence-electron chi connectivity index (χ4n) is 6.26. The molecule has 2 aromatic rings. The topological polar surface area (TPSA) is 84.9 Å². The van der Waals surface area contributed by atoms with Gasteiger partial charge in [0.05, 0.1) is 32.4 Å². The van der Waals surface area contributed by atoms with Crippen LogP contribution >= 0.6 is 0 Å². The molecule has 4 atom stereocenters. The normalized spacial score (nSPS) is 26.5. The smallest absolute Gasteiger partial charge is 0.320 e. The van der Waals surface area contributed by atoms with E-state index in [2.05, 4.69) is 25.1 Å². The highest BCUT2D eigenvalue weighted by atomic mass is 16.5. The molecule has 2 aliphatic heterocycles. The molecular formula is C32H36N2O5. The van der Waals surface area contributed by atoms with Gasteiger partial charge in [-0.1, -0.05) is 62.2 Å². The molecule has 0 bridgehead atoms. The third-order valence-corrected chi connectivity index (χ3v) is 8.33. The van der Waals surface area contributed by atoms with Gasteiger partial charge in [-0.15, -0.1) is 6.42 Å². The number of piperidine rings is 1. The second-order valence-corrected chi connectivity index (χ2v) is 11.3. The van der Waals surface area contributed by atoms with Crippen molar-refractivity contribution in [3.63, 3.8) is 0 Å². The summed E-state index contributed by atoms with van der Waals surface area (Å²) in [5.41, 5.74) is 0.431. The first kappa shape index (κ1) is 27.0. The van der Waals surface area contributed by atoms with Crippen molar-refractivity contribution in [1.82, 2.24) is 10.2 Å². The number of terminal acetylenes is 1. The third-order valence-electron chi connectivity index (χ3n) is 8.33. The molecule has 0 unspecified atom stereocenters. The summed E-state index contributed by atoms with van der Waals surface area (Å²) in [7, 11) is 1.38. The molecule has 3 aliphatic rings. The maximum absolute atomic E-state index is 14.2. The lowest BCUT2D eigenvalue weighted by atomic mass is 9.64. The van der Waals surface area contributed by atoms with E-state index >= 15 is 0 Å². The SMILES string of the molecule is C#CCNC(=O)C[C@H]1C[C@@]2(C(=O)OC)C(=C[C@H](C(C)C)O[C@@H]2C2CC2)N(Cc2cccc3ccccc23)C1=O. The number of esters is 1. The molecule has 7 heteroatoms. The van der Waals surface area contributed by atoms with Gasteiger partial charge in [0.15, 0.2) is 0 Å². The maximum Gasteiger partial charge on any atom is 0.320 e. The molecule has 1 saturated carbocycles. The summed E-state index contributed by atoms with van der Waals surface area (Å²) in [5.74, 6) is 1.10. The Kier molecular flexibility index (Phi) is 7.51. The van der Waals surface area contributed by atoms with Gasteiger partial charge in [0, 0.05) is 18.0 Å². The summed E-state index contributed by atoms with van der Waals surface area (Å²) in [6.07, 6.45) is 8.60. The monoisotopic (exact) mass is 528 g/mol. The van der Waals surface area contributed by atoms with Gasteiger partial charge in [0.25, 0.3) is 0 Å². The van der Waals surface area contributed by atoms with Crippen LogP contribution in [-0.2, 0) is 30.4 Å². The van der Waals surface area contributed by atoms with Crippen molar-refractivity contribution < 1.29 is 23.9 Å². The quantitative estimate of drug-likeness (QED) is 0.410. The fraction of sp³-hybridized carbons (Fsp3) is 0.469. The summed E-state index contributed by atoms with van der Waals surface area (Å²) in [6, 6.07) is 14.1. The molecule has 2 heterocycles. The van der Waals surface area contributed by atoms with E-state index in [0.29, 0.717) is 5.70 Å². The van der Waals surface area contributed by atoms with Crippen molar-refractivity contribution in [3.05, 3.63) is 59.8 Å². The number of carbonyl (C=O) groups is 3. The van der Waals surface area contributed by atoms with Gasteiger partial charge in [-0.2, -0.15) is 0 Å². The highest BCUT2D eigenvalue weighted by molar-refractivity contribution is 5.93. The predicted molar refractivity (Wildman–Crippen MR) is 148 cm³/mol. The number of nitrogens with one attached hydrogen (secondary N) is 1. The van der Waals surface area contributed by atoms with Crippen LogP contribution in [0.25, 0.3) is 10.8 Å². The number of hydrogen-bond acceptors (Lipinski definition) is 5. The Morgan fingerprint density at radius 2 is 1.95 bits per heavy atom. The Hall–Kier alpha value is -3.63. The van der Waals surface area contributed by atoms with Crippen LogP contribution in [0.3, 0.4) is 0 Å². The molecule has 39 heavy (non-hydrogen) atoms. The van der Waals surface area contributed by atoms with Crippen molar-refractivity contribution in [2.45, 2.75) is 58.3 Å². The number of hydrogen-bond donors (Lipinski definition) is 1. The first-order chi connectivity index (χ1) is 18.8. The molecule has 2 fully saturated rings. The lowest BCUT2D eigenvalue weighted by Gasteiger charge is -2.53. The van der Waals surface area contributed by atoms with E-state index in [1.165, 1.54) is 7.11 Å². The van der Waals surface area contributed by atoms with E-state index in [0.717, 1.165) is 29.2 Å². The van der Waals surface area contributed by atoms with Gasteiger partial charge in [-0.05, 0) is 53.5 Å². The molecule has 2 aromatic carbocycles. The molecule has 1 saturated heterocycles. The third kappa shape index (κ3) is 4.94. The van der Waals surface area contributed by atoms with E-state index in [9.17, 15) is 14.4 Å². The van der Waals surface area contributed by atoms with Crippen LogP contribution in [0, 0.1) is 35.5 Å². The second-order valence-electron chi connectivity index (χ2n) is 11.3. The van der Waals surface area contributed by atoms with Crippen LogP contribution in [0.2, 0.25) is 0 Å². The highest BCUT2D eigenvalue weighted by Crippen LogP contribution is 2.56. The summed E-state index contributed by atoms with van der Waals surface area (Å²) < 4.78 is 12.1. The number of carbonyl (C=O) groups excluding carboxylic acids is 3. The van der Waals surface area contributed by atoms with E-state index in [1.807, 2.05) is 48.5 Å². The molecule has 7 nitrogen and oxygen atoms in total. The van der Waals surface area contributed by atoms with Gasteiger partial charge in [0.1, 0.15) is 5.41 Å². The molecule has 0 radical (unpaired) electrons. The van der Waals surface area contributed by atoms with Gasteiger partial charge in [-0.3, -0.25) is 14.4 Å². The van der Waals surface area contributed by atoms with E-state index in [-0.39, 0.29) is 55.7 Å². The highest BCUT2D eigenvalue weighted by Gasteiger charge is 2.63. The molecule has 2 amide bonds.